The van der Waals surface area contributed by atoms with Gasteiger partial charge in [-0.25, -0.2) is 27.0 Å². The van der Waals surface area contributed by atoms with Crippen molar-refractivity contribution < 1.29 is 36.6 Å². The van der Waals surface area contributed by atoms with Crippen molar-refractivity contribution in [2.24, 2.45) is 0 Å². The lowest BCUT2D eigenvalue weighted by Crippen LogP contribution is -2.57. The van der Waals surface area contributed by atoms with Crippen molar-refractivity contribution in [3.05, 3.63) is 88.1 Å². The highest BCUT2D eigenvalue weighted by atomic mass is 35.5. The van der Waals surface area contributed by atoms with E-state index in [0.29, 0.717) is 25.1 Å². The summed E-state index contributed by atoms with van der Waals surface area (Å²) in [6.07, 6.45) is 1.57. The lowest BCUT2D eigenvalue weighted by molar-refractivity contribution is -0.118. The predicted molar refractivity (Wildman–Crippen MR) is 168 cm³/mol. The number of nitrogens with one attached hydrogen (secondary N) is 3. The first-order valence-electron chi connectivity index (χ1n) is 14.7. The Balaban J connectivity index is 1.45. The molecule has 3 heterocycles. The van der Waals surface area contributed by atoms with E-state index in [4.69, 9.17) is 16.3 Å². The van der Waals surface area contributed by atoms with E-state index >= 15 is 4.39 Å². The highest BCUT2D eigenvalue weighted by Gasteiger charge is 2.38. The molecule has 246 valence electrons. The van der Waals surface area contributed by atoms with Gasteiger partial charge in [-0.05, 0) is 67.1 Å². The average Bonchev–Trinajstić information content (AvgIpc) is 3.13. The van der Waals surface area contributed by atoms with E-state index in [1.165, 1.54) is 60.1 Å². The number of pyridine rings is 1. The molecule has 0 radical (unpaired) electrons. The Bertz CT molecular complexity index is 1710. The molecule has 2 aliphatic rings. The molecule has 46 heavy (non-hydrogen) atoms. The maximum absolute atomic E-state index is 15.3. The number of hydrogen-bond donors (Lipinski definition) is 4. The van der Waals surface area contributed by atoms with Crippen LogP contribution >= 0.6 is 11.6 Å². The number of ether oxygens (including phenoxy) is 1. The smallest absolute Gasteiger partial charge is 0.405 e. The Hall–Kier alpha value is -3.85. The van der Waals surface area contributed by atoms with E-state index in [9.17, 15) is 27.5 Å². The first-order chi connectivity index (χ1) is 22.0. The van der Waals surface area contributed by atoms with Crippen LogP contribution in [0.3, 0.4) is 0 Å². The third kappa shape index (κ3) is 7.57. The summed E-state index contributed by atoms with van der Waals surface area (Å²) in [6, 6.07) is 9.15. The number of halogens is 3. The predicted octanol–water partition coefficient (Wildman–Crippen LogP) is 4.13. The molecule has 2 saturated heterocycles. The standard InChI is InChI=1S/C31H34ClF2N5O6S/c1-45-27-15-19(11-12-35-27)28(18-7-10-23(32)25(34)14-18)29(38-31(41)42)30(40)37-26-6-2-5-24(33)22(26)9-8-21-16-36-20-4-3-13-46(43,44)39(21)17-20/h2,5-7,10-12,14-15,20-21,28-29,36,38H,3-4,8-9,13,16-17H2,1H3,(H,37,40)(H,41,42). The van der Waals surface area contributed by atoms with Crippen molar-refractivity contribution in [3.63, 3.8) is 0 Å². The maximum Gasteiger partial charge on any atom is 0.405 e. The van der Waals surface area contributed by atoms with E-state index in [2.05, 4.69) is 20.9 Å². The summed E-state index contributed by atoms with van der Waals surface area (Å²) in [5.74, 6) is -3.09. The second kappa shape index (κ2) is 14.3. The van der Waals surface area contributed by atoms with Crippen LogP contribution in [0.1, 0.15) is 41.9 Å². The quantitative estimate of drug-likeness (QED) is 0.250. The summed E-state index contributed by atoms with van der Waals surface area (Å²) >= 11 is 5.91. The molecular formula is C31H34ClF2N5O6S. The van der Waals surface area contributed by atoms with E-state index in [1.54, 1.807) is 0 Å². The summed E-state index contributed by atoms with van der Waals surface area (Å²) in [7, 11) is -2.08. The maximum atomic E-state index is 15.3. The van der Waals surface area contributed by atoms with E-state index in [1.807, 2.05) is 0 Å². The van der Waals surface area contributed by atoms with Gasteiger partial charge in [0.25, 0.3) is 0 Å². The summed E-state index contributed by atoms with van der Waals surface area (Å²) < 4.78 is 62.5. The van der Waals surface area contributed by atoms with Crippen LogP contribution in [-0.2, 0) is 21.2 Å². The van der Waals surface area contributed by atoms with Crippen molar-refractivity contribution in [1.29, 1.82) is 0 Å². The number of methoxy groups -OCH3 is 1. The Morgan fingerprint density at radius 3 is 2.70 bits per heavy atom. The molecule has 0 saturated carbocycles. The lowest BCUT2D eigenvalue weighted by Gasteiger charge is -2.37. The molecule has 0 spiro atoms. The van der Waals surface area contributed by atoms with Gasteiger partial charge in [0, 0.05) is 54.6 Å². The van der Waals surface area contributed by atoms with Crippen molar-refractivity contribution in [2.75, 3.05) is 31.3 Å². The molecule has 11 nitrogen and oxygen atoms in total. The molecule has 2 aliphatic heterocycles. The Morgan fingerprint density at radius 1 is 1.17 bits per heavy atom. The minimum atomic E-state index is -3.46. The number of anilines is 1. The normalized spacial score (nSPS) is 21.8. The molecule has 0 aliphatic carbocycles. The number of sulfonamides is 1. The average molecular weight is 678 g/mol. The highest BCUT2D eigenvalue weighted by molar-refractivity contribution is 7.89. The fourth-order valence-electron chi connectivity index (χ4n) is 6.14. The van der Waals surface area contributed by atoms with Crippen LogP contribution < -0.4 is 20.7 Å². The van der Waals surface area contributed by atoms with Crippen LogP contribution in [0.2, 0.25) is 5.02 Å². The van der Waals surface area contributed by atoms with E-state index < -0.39 is 51.7 Å². The fourth-order valence-corrected chi connectivity index (χ4v) is 8.07. The van der Waals surface area contributed by atoms with Crippen molar-refractivity contribution in [1.82, 2.24) is 19.9 Å². The zero-order valence-corrected chi connectivity index (χ0v) is 26.5. The topological polar surface area (TPSA) is 150 Å². The monoisotopic (exact) mass is 677 g/mol. The lowest BCUT2D eigenvalue weighted by atomic mass is 9.84. The number of carboxylic acid groups (broad SMARTS) is 1. The zero-order valence-electron chi connectivity index (χ0n) is 24.9. The third-order valence-electron chi connectivity index (χ3n) is 8.39. The molecule has 3 aromatic rings. The van der Waals surface area contributed by atoms with Crippen molar-refractivity contribution in [2.45, 2.75) is 49.7 Å². The van der Waals surface area contributed by atoms with E-state index in [0.717, 1.165) is 12.5 Å². The van der Waals surface area contributed by atoms with Gasteiger partial charge in [0.05, 0.1) is 17.9 Å². The molecule has 1 aromatic heterocycles. The van der Waals surface area contributed by atoms with Gasteiger partial charge in [0.1, 0.15) is 17.7 Å². The van der Waals surface area contributed by atoms with Crippen LogP contribution in [0.25, 0.3) is 0 Å². The zero-order chi connectivity index (χ0) is 33.0. The third-order valence-corrected chi connectivity index (χ3v) is 10.7. The first-order valence-corrected chi connectivity index (χ1v) is 16.7. The minimum Gasteiger partial charge on any atom is -0.481 e. The van der Waals surface area contributed by atoms with Gasteiger partial charge in [0.15, 0.2) is 0 Å². The Morgan fingerprint density at radius 2 is 1.96 bits per heavy atom. The molecule has 2 aromatic carbocycles. The van der Waals surface area contributed by atoms with Crippen LogP contribution in [-0.4, -0.2) is 78.9 Å². The van der Waals surface area contributed by atoms with Gasteiger partial charge in [-0.15, -0.1) is 0 Å². The molecular weight excluding hydrogens is 644 g/mol. The summed E-state index contributed by atoms with van der Waals surface area (Å²) in [5, 5.41) is 17.9. The number of aromatic nitrogens is 1. The van der Waals surface area contributed by atoms with Gasteiger partial charge in [-0.1, -0.05) is 23.7 Å². The van der Waals surface area contributed by atoms with Gasteiger partial charge < -0.3 is 25.8 Å². The van der Waals surface area contributed by atoms with Gasteiger partial charge in [0.2, 0.25) is 21.8 Å². The number of benzene rings is 2. The molecule has 2 bridgehead atoms. The number of hydrogen-bond acceptors (Lipinski definition) is 7. The van der Waals surface area contributed by atoms with Crippen LogP contribution in [0.5, 0.6) is 5.88 Å². The largest absolute Gasteiger partial charge is 0.481 e. The van der Waals surface area contributed by atoms with Crippen LogP contribution in [0, 0.1) is 11.6 Å². The van der Waals surface area contributed by atoms with Crippen LogP contribution in [0.15, 0.2) is 54.7 Å². The van der Waals surface area contributed by atoms with Gasteiger partial charge in [-0.2, -0.15) is 4.31 Å². The minimum absolute atomic E-state index is 0.0582. The van der Waals surface area contributed by atoms with Crippen molar-refractivity contribution in [3.8, 4) is 5.88 Å². The fraction of sp³-hybridized carbons (Fsp3) is 0.387. The molecule has 2 amide bonds. The summed E-state index contributed by atoms with van der Waals surface area (Å²) in [5.41, 5.74) is 0.837. The van der Waals surface area contributed by atoms with Crippen molar-refractivity contribution >= 4 is 39.3 Å². The number of carbonyl (C=O) groups excluding carboxylic acids is 1. The van der Waals surface area contributed by atoms with E-state index in [-0.39, 0.29) is 52.4 Å². The first kappa shape index (κ1) is 33.5. The number of fused-ring (bicyclic) bond motifs is 2. The number of nitrogens with zero attached hydrogens (tertiary/aromatic N) is 2. The number of piperazine rings is 1. The molecule has 5 unspecified atom stereocenters. The van der Waals surface area contributed by atoms with Gasteiger partial charge in [-0.3, -0.25) is 4.79 Å². The molecule has 5 atom stereocenters. The molecule has 5 rings (SSSR count). The Kier molecular flexibility index (Phi) is 10.4. The van der Waals surface area contributed by atoms with Crippen LogP contribution in [0.4, 0.5) is 19.3 Å². The number of amides is 2. The summed E-state index contributed by atoms with van der Waals surface area (Å²) in [4.78, 5) is 30.0. The number of carbonyl (C=O) groups is 2. The van der Waals surface area contributed by atoms with Gasteiger partial charge >= 0.3 is 6.09 Å². The SMILES string of the molecule is COc1cc(C(c2ccc(Cl)c(F)c2)C(NC(=O)O)C(=O)Nc2cccc(F)c2CCC2CNC3CCCS(=O)(=O)N2C3)ccn1. The molecule has 2 fully saturated rings. The Labute approximate surface area is 270 Å². The summed E-state index contributed by atoms with van der Waals surface area (Å²) in [6.45, 7) is 0.766. The highest BCUT2D eigenvalue weighted by Crippen LogP contribution is 2.33. The number of rotatable bonds is 10. The molecule has 15 heteroatoms. The second-order valence-corrected chi connectivity index (χ2v) is 13.7. The second-order valence-electron chi connectivity index (χ2n) is 11.3. The molecule has 4 N–H and O–H groups in total.